The van der Waals surface area contributed by atoms with E-state index in [4.69, 9.17) is 4.74 Å². The molecule has 0 saturated carbocycles. The number of rotatable bonds is 9. The molecule has 2 aromatic carbocycles. The molecule has 0 aliphatic carbocycles. The van der Waals surface area contributed by atoms with Crippen LogP contribution in [0.1, 0.15) is 44.6 Å². The molecule has 1 heterocycles. The average molecular weight is 445 g/mol. The van der Waals surface area contributed by atoms with Gasteiger partial charge in [-0.3, -0.25) is 0 Å². The van der Waals surface area contributed by atoms with E-state index in [0.717, 1.165) is 44.4 Å². The largest absolute Gasteiger partial charge is 0.494 e. The zero-order chi connectivity index (χ0) is 19.1. The lowest BCUT2D eigenvalue weighted by Crippen LogP contribution is -1.97. The number of aryl methyl sites for hydroxylation is 1. The normalized spacial score (nSPS) is 10.9. The Hall–Kier alpha value is -1.72. The van der Waals surface area contributed by atoms with E-state index >= 15 is 0 Å². The van der Waals surface area contributed by atoms with Gasteiger partial charge in [0.05, 0.1) is 6.61 Å². The fourth-order valence-corrected chi connectivity index (χ4v) is 4.32. The van der Waals surface area contributed by atoms with Crippen LogP contribution in [0.15, 0.2) is 46.9 Å². The van der Waals surface area contributed by atoms with Crippen molar-refractivity contribution in [2.24, 2.45) is 0 Å². The highest BCUT2D eigenvalue weighted by molar-refractivity contribution is 9.10. The van der Waals surface area contributed by atoms with Gasteiger partial charge >= 0.3 is 0 Å². The van der Waals surface area contributed by atoms with E-state index < -0.39 is 0 Å². The van der Waals surface area contributed by atoms with Gasteiger partial charge in [-0.2, -0.15) is 0 Å². The van der Waals surface area contributed by atoms with E-state index in [1.165, 1.54) is 31.2 Å². The van der Waals surface area contributed by atoms with Crippen LogP contribution in [-0.4, -0.2) is 16.8 Å². The van der Waals surface area contributed by atoms with Crippen LogP contribution in [0.4, 0.5) is 0 Å². The lowest BCUT2D eigenvalue weighted by Gasteiger charge is -2.06. The summed E-state index contributed by atoms with van der Waals surface area (Å²) in [5.41, 5.74) is 3.39. The highest BCUT2D eigenvalue weighted by Gasteiger charge is 2.11. The molecule has 0 atom stereocenters. The van der Waals surface area contributed by atoms with Gasteiger partial charge < -0.3 is 4.74 Å². The van der Waals surface area contributed by atoms with Crippen molar-refractivity contribution < 1.29 is 4.74 Å². The number of ether oxygens (including phenoxy) is 1. The summed E-state index contributed by atoms with van der Waals surface area (Å²) in [4.78, 5) is 0. The number of benzene rings is 2. The van der Waals surface area contributed by atoms with E-state index in [2.05, 4.69) is 64.2 Å². The van der Waals surface area contributed by atoms with Crippen LogP contribution >= 0.6 is 27.3 Å². The SMILES string of the molecule is CCCCCCCOc1ccc(-c2nnc(-c3ccc(Br)cc3C)s2)cc1. The van der Waals surface area contributed by atoms with Gasteiger partial charge in [0.2, 0.25) is 0 Å². The molecule has 0 radical (unpaired) electrons. The third-order valence-corrected chi connectivity index (χ3v) is 5.96. The van der Waals surface area contributed by atoms with Gasteiger partial charge in [-0.25, -0.2) is 0 Å². The summed E-state index contributed by atoms with van der Waals surface area (Å²) in [6.45, 7) is 5.11. The van der Waals surface area contributed by atoms with Gasteiger partial charge in [0.15, 0.2) is 0 Å². The summed E-state index contributed by atoms with van der Waals surface area (Å²) in [6, 6.07) is 14.4. The van der Waals surface area contributed by atoms with Crippen molar-refractivity contribution in [1.82, 2.24) is 10.2 Å². The number of hydrogen-bond acceptors (Lipinski definition) is 4. The molecular formula is C22H25BrN2OS. The second kappa shape index (κ2) is 10.00. The van der Waals surface area contributed by atoms with Crippen LogP contribution in [0.25, 0.3) is 21.1 Å². The molecule has 3 rings (SSSR count). The van der Waals surface area contributed by atoms with E-state index in [9.17, 15) is 0 Å². The van der Waals surface area contributed by atoms with Crippen LogP contribution < -0.4 is 4.74 Å². The second-order valence-corrected chi connectivity index (χ2v) is 8.55. The van der Waals surface area contributed by atoms with E-state index in [0.29, 0.717) is 0 Å². The molecular weight excluding hydrogens is 420 g/mol. The summed E-state index contributed by atoms with van der Waals surface area (Å²) in [5.74, 6) is 0.919. The third-order valence-electron chi connectivity index (χ3n) is 4.46. The molecule has 1 aromatic heterocycles. The molecule has 0 bridgehead atoms. The topological polar surface area (TPSA) is 35.0 Å². The quantitative estimate of drug-likeness (QED) is 0.324. The lowest BCUT2D eigenvalue weighted by atomic mass is 10.1. The second-order valence-electron chi connectivity index (χ2n) is 6.66. The fraction of sp³-hybridized carbons (Fsp3) is 0.364. The molecule has 3 aromatic rings. The standard InChI is InChI=1S/C22H25BrN2OS/c1-3-4-5-6-7-14-26-19-11-8-17(9-12-19)21-24-25-22(27-21)20-13-10-18(23)15-16(20)2/h8-13,15H,3-7,14H2,1-2H3. The predicted molar refractivity (Wildman–Crippen MR) is 117 cm³/mol. The predicted octanol–water partition coefficient (Wildman–Crippen LogP) is 7.29. The molecule has 0 aliphatic rings. The maximum absolute atomic E-state index is 5.84. The molecule has 0 N–H and O–H groups in total. The smallest absolute Gasteiger partial charge is 0.148 e. The number of hydrogen-bond donors (Lipinski definition) is 0. The molecule has 0 saturated heterocycles. The van der Waals surface area contributed by atoms with Gasteiger partial charge in [-0.15, -0.1) is 10.2 Å². The molecule has 5 heteroatoms. The van der Waals surface area contributed by atoms with Gasteiger partial charge in [0.1, 0.15) is 15.8 Å². The Bertz CT molecular complexity index is 861. The number of aromatic nitrogens is 2. The molecule has 142 valence electrons. The Morgan fingerprint density at radius 3 is 2.41 bits per heavy atom. The van der Waals surface area contributed by atoms with Crippen LogP contribution in [0, 0.1) is 6.92 Å². The zero-order valence-electron chi connectivity index (χ0n) is 15.9. The first-order valence-corrected chi connectivity index (χ1v) is 11.1. The first-order valence-electron chi connectivity index (χ1n) is 9.50. The Labute approximate surface area is 173 Å². The Balaban J connectivity index is 1.60. The van der Waals surface area contributed by atoms with Crippen LogP contribution in [-0.2, 0) is 0 Å². The zero-order valence-corrected chi connectivity index (χ0v) is 18.3. The first-order chi connectivity index (χ1) is 13.2. The molecule has 3 nitrogen and oxygen atoms in total. The van der Waals surface area contributed by atoms with Crippen molar-refractivity contribution >= 4 is 27.3 Å². The van der Waals surface area contributed by atoms with Crippen LogP contribution in [0.5, 0.6) is 5.75 Å². The highest BCUT2D eigenvalue weighted by atomic mass is 79.9. The first kappa shape index (κ1) is 20.0. The van der Waals surface area contributed by atoms with E-state index in [1.807, 2.05) is 18.2 Å². The Morgan fingerprint density at radius 1 is 0.926 bits per heavy atom. The van der Waals surface area contributed by atoms with Crippen molar-refractivity contribution in [1.29, 1.82) is 0 Å². The molecule has 0 fully saturated rings. The van der Waals surface area contributed by atoms with E-state index in [-0.39, 0.29) is 0 Å². The van der Waals surface area contributed by atoms with Crippen molar-refractivity contribution in [3.8, 4) is 26.9 Å². The van der Waals surface area contributed by atoms with Crippen LogP contribution in [0.3, 0.4) is 0 Å². The third kappa shape index (κ3) is 5.63. The molecule has 0 amide bonds. The van der Waals surface area contributed by atoms with Gasteiger partial charge in [0, 0.05) is 15.6 Å². The van der Waals surface area contributed by atoms with Gasteiger partial charge in [-0.05, 0) is 55.3 Å². The van der Waals surface area contributed by atoms with Crippen molar-refractivity contribution in [2.45, 2.75) is 46.0 Å². The van der Waals surface area contributed by atoms with Crippen molar-refractivity contribution in [3.63, 3.8) is 0 Å². The molecule has 0 aliphatic heterocycles. The van der Waals surface area contributed by atoms with E-state index in [1.54, 1.807) is 11.3 Å². The summed E-state index contributed by atoms with van der Waals surface area (Å²) < 4.78 is 6.92. The molecule has 27 heavy (non-hydrogen) atoms. The van der Waals surface area contributed by atoms with Crippen molar-refractivity contribution in [2.75, 3.05) is 6.61 Å². The maximum atomic E-state index is 5.84. The highest BCUT2D eigenvalue weighted by Crippen LogP contribution is 2.33. The number of halogens is 1. The van der Waals surface area contributed by atoms with Crippen molar-refractivity contribution in [3.05, 3.63) is 52.5 Å². The lowest BCUT2D eigenvalue weighted by molar-refractivity contribution is 0.304. The summed E-state index contributed by atoms with van der Waals surface area (Å²) in [6.07, 6.45) is 6.26. The Kier molecular flexibility index (Phi) is 7.41. The summed E-state index contributed by atoms with van der Waals surface area (Å²) >= 11 is 5.12. The summed E-state index contributed by atoms with van der Waals surface area (Å²) in [5, 5.41) is 10.6. The molecule has 0 unspecified atom stereocenters. The minimum atomic E-state index is 0.787. The van der Waals surface area contributed by atoms with Gasteiger partial charge in [0.25, 0.3) is 0 Å². The average Bonchev–Trinajstić information content (AvgIpc) is 3.15. The minimum absolute atomic E-state index is 0.787. The van der Waals surface area contributed by atoms with Gasteiger partial charge in [-0.1, -0.05) is 65.9 Å². The monoisotopic (exact) mass is 444 g/mol. The molecule has 0 spiro atoms. The van der Waals surface area contributed by atoms with Crippen LogP contribution in [0.2, 0.25) is 0 Å². The Morgan fingerprint density at radius 2 is 1.67 bits per heavy atom. The minimum Gasteiger partial charge on any atom is -0.494 e. The number of unbranched alkanes of at least 4 members (excludes halogenated alkanes) is 4. The number of nitrogens with zero attached hydrogens (tertiary/aromatic N) is 2. The summed E-state index contributed by atoms with van der Waals surface area (Å²) in [7, 11) is 0. The maximum Gasteiger partial charge on any atom is 0.148 e. The fourth-order valence-electron chi connectivity index (χ4n) is 2.91.